The van der Waals surface area contributed by atoms with Gasteiger partial charge in [-0.1, -0.05) is 43.1 Å². The predicted octanol–water partition coefficient (Wildman–Crippen LogP) is 3.60. The van der Waals surface area contributed by atoms with Crippen LogP contribution in [0.15, 0.2) is 0 Å². The van der Waals surface area contributed by atoms with Gasteiger partial charge < -0.3 is 0 Å². The van der Waals surface area contributed by atoms with Crippen LogP contribution in [0.25, 0.3) is 0 Å². The molecule has 0 aromatic heterocycles. The molecule has 56 valence electrons. The van der Waals surface area contributed by atoms with Crippen LogP contribution in [0.2, 0.25) is 0 Å². The highest BCUT2D eigenvalue weighted by Gasteiger charge is 2.18. The number of alkyl halides is 1. The molecular weight excluding hydrogens is 176 g/mol. The number of hydrogen-bond acceptors (Lipinski definition) is 0. The molecule has 9 heavy (non-hydrogen) atoms. The van der Waals surface area contributed by atoms with Gasteiger partial charge in [0.1, 0.15) is 0 Å². The van der Waals surface area contributed by atoms with Crippen molar-refractivity contribution in [1.82, 2.24) is 0 Å². The zero-order valence-corrected chi connectivity index (χ0v) is 8.29. The first kappa shape index (κ1) is 9.48. The van der Waals surface area contributed by atoms with E-state index in [0.717, 1.165) is 5.33 Å². The largest absolute Gasteiger partial charge is 0.0922 e. The van der Waals surface area contributed by atoms with Gasteiger partial charge in [0, 0.05) is 5.33 Å². The first-order valence-electron chi connectivity index (χ1n) is 3.74. The lowest BCUT2D eigenvalue weighted by molar-refractivity contribution is 0.330. The van der Waals surface area contributed by atoms with E-state index in [2.05, 4.69) is 36.7 Å². The molecule has 0 aliphatic carbocycles. The van der Waals surface area contributed by atoms with Crippen LogP contribution >= 0.6 is 15.9 Å². The van der Waals surface area contributed by atoms with Crippen LogP contribution in [0.5, 0.6) is 0 Å². The molecule has 0 aliphatic heterocycles. The van der Waals surface area contributed by atoms with Gasteiger partial charge in [-0.3, -0.25) is 0 Å². The Kier molecular flexibility index (Phi) is 4.55. The minimum atomic E-state index is 0.550. The van der Waals surface area contributed by atoms with Gasteiger partial charge in [-0.2, -0.15) is 0 Å². The Morgan fingerprint density at radius 3 is 2.00 bits per heavy atom. The minimum absolute atomic E-state index is 0.550. The summed E-state index contributed by atoms with van der Waals surface area (Å²) in [7, 11) is 0. The van der Waals surface area contributed by atoms with Crippen LogP contribution in [0.3, 0.4) is 0 Å². The lowest BCUT2D eigenvalue weighted by Crippen LogP contribution is -2.15. The van der Waals surface area contributed by atoms with Crippen molar-refractivity contribution >= 4 is 15.9 Å². The summed E-state index contributed by atoms with van der Waals surface area (Å²) in [5.74, 6) is 0. The van der Waals surface area contributed by atoms with E-state index in [1.165, 1.54) is 19.3 Å². The molecule has 0 rings (SSSR count). The quantitative estimate of drug-likeness (QED) is 0.598. The van der Waals surface area contributed by atoms with Gasteiger partial charge in [0.25, 0.3) is 0 Å². The van der Waals surface area contributed by atoms with Crippen LogP contribution in [-0.4, -0.2) is 5.33 Å². The first-order chi connectivity index (χ1) is 4.18. The van der Waals surface area contributed by atoms with Crippen LogP contribution in [0.1, 0.15) is 40.0 Å². The maximum absolute atomic E-state index is 3.53. The summed E-state index contributed by atoms with van der Waals surface area (Å²) >= 11 is 3.53. The minimum Gasteiger partial charge on any atom is -0.0922 e. The molecule has 0 aromatic carbocycles. The van der Waals surface area contributed by atoms with Gasteiger partial charge in [0.15, 0.2) is 0 Å². The maximum atomic E-state index is 3.53. The van der Waals surface area contributed by atoms with E-state index in [9.17, 15) is 0 Å². The summed E-state index contributed by atoms with van der Waals surface area (Å²) in [5, 5.41) is 1.14. The van der Waals surface area contributed by atoms with Crippen molar-refractivity contribution < 1.29 is 0 Å². The highest BCUT2D eigenvalue weighted by Crippen LogP contribution is 2.28. The van der Waals surface area contributed by atoms with E-state index in [-0.39, 0.29) is 0 Å². The third-order valence-corrected chi connectivity index (χ3v) is 3.38. The molecule has 1 unspecified atom stereocenters. The molecule has 1 atom stereocenters. The average molecular weight is 193 g/mol. The van der Waals surface area contributed by atoms with Gasteiger partial charge >= 0.3 is 0 Å². The number of halogens is 1. The summed E-state index contributed by atoms with van der Waals surface area (Å²) in [5.41, 5.74) is 0.550. The highest BCUT2D eigenvalue weighted by atomic mass is 79.9. The lowest BCUT2D eigenvalue weighted by Gasteiger charge is -2.24. The molecule has 0 nitrogen and oxygen atoms in total. The molecule has 0 amide bonds. The molecule has 0 aliphatic rings. The highest BCUT2D eigenvalue weighted by molar-refractivity contribution is 9.09. The standard InChI is InChI=1S/C8H17Br/c1-4-6-8(3,5-2)7-9/h4-7H2,1-3H3. The van der Waals surface area contributed by atoms with Crippen LogP contribution in [0, 0.1) is 5.41 Å². The zero-order valence-electron chi connectivity index (χ0n) is 6.71. The topological polar surface area (TPSA) is 0 Å². The van der Waals surface area contributed by atoms with Gasteiger partial charge in [-0.05, 0) is 18.3 Å². The molecule has 0 bridgehead atoms. The molecule has 0 aromatic rings. The van der Waals surface area contributed by atoms with E-state index >= 15 is 0 Å². The molecule has 0 saturated heterocycles. The fourth-order valence-corrected chi connectivity index (χ4v) is 1.62. The van der Waals surface area contributed by atoms with Gasteiger partial charge in [0.05, 0.1) is 0 Å². The van der Waals surface area contributed by atoms with Gasteiger partial charge in [-0.25, -0.2) is 0 Å². The lowest BCUT2D eigenvalue weighted by atomic mass is 9.85. The van der Waals surface area contributed by atoms with Crippen LogP contribution in [0.4, 0.5) is 0 Å². The zero-order chi connectivity index (χ0) is 7.33. The first-order valence-corrected chi connectivity index (χ1v) is 4.86. The molecule has 0 fully saturated rings. The second-order valence-electron chi connectivity index (χ2n) is 3.05. The summed E-state index contributed by atoms with van der Waals surface area (Å²) in [6.45, 7) is 6.85. The summed E-state index contributed by atoms with van der Waals surface area (Å²) in [6, 6.07) is 0. The monoisotopic (exact) mass is 192 g/mol. The molecule has 0 saturated carbocycles. The van der Waals surface area contributed by atoms with Crippen molar-refractivity contribution in [1.29, 1.82) is 0 Å². The van der Waals surface area contributed by atoms with E-state index in [0.29, 0.717) is 5.41 Å². The molecular formula is C8H17Br. The van der Waals surface area contributed by atoms with Crippen molar-refractivity contribution in [2.75, 3.05) is 5.33 Å². The Bertz CT molecular complexity index is 65.0. The number of rotatable bonds is 4. The Labute approximate surface area is 67.2 Å². The van der Waals surface area contributed by atoms with E-state index in [4.69, 9.17) is 0 Å². The van der Waals surface area contributed by atoms with Gasteiger partial charge in [-0.15, -0.1) is 0 Å². The Balaban J connectivity index is 3.62. The van der Waals surface area contributed by atoms with Crippen molar-refractivity contribution in [2.24, 2.45) is 5.41 Å². The van der Waals surface area contributed by atoms with Crippen molar-refractivity contribution in [3.63, 3.8) is 0 Å². The average Bonchev–Trinajstić information content (AvgIpc) is 1.89. The summed E-state index contributed by atoms with van der Waals surface area (Å²) in [4.78, 5) is 0. The van der Waals surface area contributed by atoms with Crippen molar-refractivity contribution in [3.05, 3.63) is 0 Å². The fraction of sp³-hybridized carbons (Fsp3) is 1.00. The molecule has 1 heteroatoms. The van der Waals surface area contributed by atoms with E-state index in [1.54, 1.807) is 0 Å². The number of hydrogen-bond donors (Lipinski definition) is 0. The predicted molar refractivity (Wildman–Crippen MR) is 47.1 cm³/mol. The third kappa shape index (κ3) is 3.24. The Morgan fingerprint density at radius 1 is 1.33 bits per heavy atom. The molecule has 0 radical (unpaired) electrons. The smallest absolute Gasteiger partial charge is 0.00852 e. The molecule has 0 heterocycles. The Morgan fingerprint density at radius 2 is 1.89 bits per heavy atom. The SMILES string of the molecule is CCCC(C)(CC)CBr. The summed E-state index contributed by atoms with van der Waals surface area (Å²) < 4.78 is 0. The third-order valence-electron chi connectivity index (χ3n) is 2.03. The Hall–Kier alpha value is 0.480. The summed E-state index contributed by atoms with van der Waals surface area (Å²) in [6.07, 6.45) is 3.93. The normalized spacial score (nSPS) is 17.3. The second kappa shape index (κ2) is 4.32. The van der Waals surface area contributed by atoms with Crippen LogP contribution < -0.4 is 0 Å². The van der Waals surface area contributed by atoms with E-state index in [1.807, 2.05) is 0 Å². The molecule has 0 N–H and O–H groups in total. The van der Waals surface area contributed by atoms with Crippen molar-refractivity contribution in [2.45, 2.75) is 40.0 Å². The maximum Gasteiger partial charge on any atom is 0.00852 e. The molecule has 0 spiro atoms. The van der Waals surface area contributed by atoms with Crippen LogP contribution in [-0.2, 0) is 0 Å². The van der Waals surface area contributed by atoms with Gasteiger partial charge in [0.2, 0.25) is 0 Å². The second-order valence-corrected chi connectivity index (χ2v) is 3.61. The van der Waals surface area contributed by atoms with Crippen molar-refractivity contribution in [3.8, 4) is 0 Å². The fourth-order valence-electron chi connectivity index (χ4n) is 0.942. The van der Waals surface area contributed by atoms with E-state index < -0.39 is 0 Å².